The molecule has 3 heterocycles. The lowest BCUT2D eigenvalue weighted by Gasteiger charge is -2.38. The van der Waals surface area contributed by atoms with Crippen LogP contribution in [0.15, 0.2) is 114 Å². The number of hydrazine groups is 1. The molecule has 4 aliphatic rings. The van der Waals surface area contributed by atoms with E-state index in [1.54, 1.807) is 44.9 Å². The van der Waals surface area contributed by atoms with Gasteiger partial charge in [-0.1, -0.05) is 82.3 Å². The number of phenols is 1. The molecule has 15 nitrogen and oxygen atoms in total. The molecule has 5 bridgehead atoms. The number of ether oxygens (including phenoxy) is 4. The Balaban J connectivity index is 1.52. The molecule has 9 atom stereocenters. The summed E-state index contributed by atoms with van der Waals surface area (Å²) in [5.41, 5.74) is 2.93. The number of hydrogen-bond donors (Lipinski definition) is 6. The maximum Gasteiger partial charge on any atom is 0.312 e. The van der Waals surface area contributed by atoms with Crippen LogP contribution in [0.3, 0.4) is 0 Å². The van der Waals surface area contributed by atoms with Gasteiger partial charge in [-0.25, -0.2) is 0 Å². The quantitative estimate of drug-likeness (QED) is 0.0835. The second kappa shape index (κ2) is 19.6. The lowest BCUT2D eigenvalue weighted by Crippen LogP contribution is -2.46. The number of hydrogen-bond acceptors (Lipinski definition) is 14. The number of methoxy groups -OCH3 is 1. The number of nitrogens with zero attached hydrogens (tertiary/aromatic N) is 1. The van der Waals surface area contributed by atoms with Crippen molar-refractivity contribution in [2.24, 2.45) is 23.7 Å². The van der Waals surface area contributed by atoms with Crippen LogP contribution in [0.4, 0.5) is 11.4 Å². The molecular weight excluding hydrogens is 835 g/mol. The van der Waals surface area contributed by atoms with Gasteiger partial charge in [0.2, 0.25) is 0 Å². The number of para-hydroxylation sites is 2. The Morgan fingerprint density at radius 2 is 1.48 bits per heavy atom. The van der Waals surface area contributed by atoms with Gasteiger partial charge < -0.3 is 50.1 Å². The highest BCUT2D eigenvalue weighted by molar-refractivity contribution is 6.25. The van der Waals surface area contributed by atoms with E-state index in [0.29, 0.717) is 11.4 Å². The summed E-state index contributed by atoms with van der Waals surface area (Å²) in [4.78, 5) is 56.0. The van der Waals surface area contributed by atoms with Gasteiger partial charge in [0.05, 0.1) is 63.9 Å². The van der Waals surface area contributed by atoms with Crippen molar-refractivity contribution >= 4 is 40.6 Å². The number of carbonyl (C=O) groups excluding carboxylic acids is 4. The highest BCUT2D eigenvalue weighted by Crippen LogP contribution is 2.50. The predicted octanol–water partition coefficient (Wildman–Crippen LogP) is 7.02. The van der Waals surface area contributed by atoms with E-state index in [1.165, 1.54) is 59.4 Å². The third kappa shape index (κ3) is 9.44. The predicted molar refractivity (Wildman–Crippen MR) is 243 cm³/mol. The van der Waals surface area contributed by atoms with Crippen LogP contribution < -0.4 is 20.5 Å². The standard InChI is InChI=1S/C50H57N3O12/c1-26-17-16-18-27(2)49(61)52-40-35(25-51-53(33-19-12-10-13-20-33)34-21-14-11-15-22-34)44(58)37-38(45(40)59)43(57)31(6)47-39(37)48(60)50(8,65-47)63-24-23-36(62-9)28(3)46(64-32(7)54)30(5)42(56)29(4)41(26)55/h10-26,28-30,36,41-42,46,51,55-57,59H,1-9H3,(H,52,61). The molecule has 0 spiro atoms. The number of fused-ring (bicyclic) bond motifs is 14. The molecule has 1 amide bonds. The fourth-order valence-corrected chi connectivity index (χ4v) is 8.45. The first kappa shape index (κ1) is 47.8. The van der Waals surface area contributed by atoms with Crippen molar-refractivity contribution in [3.63, 3.8) is 0 Å². The van der Waals surface area contributed by atoms with Crippen LogP contribution in [-0.2, 0) is 23.8 Å². The molecule has 3 aromatic rings. The van der Waals surface area contributed by atoms with E-state index >= 15 is 4.79 Å². The highest BCUT2D eigenvalue weighted by Gasteiger charge is 2.52. The van der Waals surface area contributed by atoms with Crippen molar-refractivity contribution < 1.29 is 58.6 Å². The molecular formula is C50H57N3O12. The van der Waals surface area contributed by atoms with Gasteiger partial charge in [-0.3, -0.25) is 24.2 Å². The molecule has 3 aromatic carbocycles. The smallest absolute Gasteiger partial charge is 0.312 e. The zero-order chi connectivity index (χ0) is 47.5. The number of esters is 1. The zero-order valence-corrected chi connectivity index (χ0v) is 37.9. The van der Waals surface area contributed by atoms with E-state index in [2.05, 4.69) is 10.7 Å². The normalized spacial score (nSPS) is 28.0. The van der Waals surface area contributed by atoms with Gasteiger partial charge in [0, 0.05) is 62.0 Å². The van der Waals surface area contributed by atoms with Gasteiger partial charge in [0.15, 0.2) is 11.5 Å². The van der Waals surface area contributed by atoms with Crippen LogP contribution in [0, 0.1) is 30.6 Å². The maximum atomic E-state index is 15.1. The van der Waals surface area contributed by atoms with Crippen LogP contribution >= 0.6 is 0 Å². The molecule has 0 radical (unpaired) electrons. The van der Waals surface area contributed by atoms with E-state index < -0.39 is 94.4 Å². The van der Waals surface area contributed by atoms with Gasteiger partial charge in [-0.15, -0.1) is 0 Å². The van der Waals surface area contributed by atoms with Crippen LogP contribution in [0.1, 0.15) is 80.3 Å². The number of ketones is 2. The third-order valence-electron chi connectivity index (χ3n) is 12.4. The topological polar surface area (TPSA) is 213 Å². The van der Waals surface area contributed by atoms with E-state index in [4.69, 9.17) is 18.9 Å². The largest absolute Gasteiger partial charge is 0.507 e. The highest BCUT2D eigenvalue weighted by atomic mass is 16.7. The molecule has 0 saturated heterocycles. The van der Waals surface area contributed by atoms with Crippen molar-refractivity contribution in [2.75, 3.05) is 12.1 Å². The van der Waals surface area contributed by atoms with E-state index in [9.17, 15) is 34.8 Å². The van der Waals surface area contributed by atoms with Gasteiger partial charge in [0.25, 0.3) is 11.7 Å². The third-order valence-corrected chi connectivity index (χ3v) is 12.4. The summed E-state index contributed by atoms with van der Waals surface area (Å²) in [7, 11) is 1.43. The minimum Gasteiger partial charge on any atom is -0.507 e. The Bertz CT molecular complexity index is 2440. The number of aliphatic hydroxyl groups is 3. The zero-order valence-electron chi connectivity index (χ0n) is 37.9. The molecule has 15 heteroatoms. The minimum absolute atomic E-state index is 0.00995. The summed E-state index contributed by atoms with van der Waals surface area (Å²) < 4.78 is 23.7. The number of Topliss-reactive ketones (excluding diaryl/α,β-unsaturated/α-hetero) is 2. The maximum absolute atomic E-state index is 15.1. The van der Waals surface area contributed by atoms with Gasteiger partial charge in [-0.05, 0) is 44.2 Å². The van der Waals surface area contributed by atoms with E-state index in [0.717, 1.165) is 0 Å². The first-order chi connectivity index (χ1) is 30.8. The molecule has 0 fully saturated rings. The van der Waals surface area contributed by atoms with Crippen LogP contribution in [0.2, 0.25) is 0 Å². The molecule has 0 saturated carbocycles. The lowest BCUT2D eigenvalue weighted by atomic mass is 9.78. The molecule has 65 heavy (non-hydrogen) atoms. The Hall–Kier alpha value is -6.68. The number of aliphatic hydroxyl groups excluding tert-OH is 3. The number of amides is 1. The number of phenolic OH excluding ortho intramolecular Hbond substituents is 1. The Morgan fingerprint density at radius 3 is 2.06 bits per heavy atom. The van der Waals surface area contributed by atoms with E-state index in [1.807, 2.05) is 60.7 Å². The molecule has 1 aliphatic carbocycles. The fraction of sp³-hybridized carbons (Fsp3) is 0.360. The van der Waals surface area contributed by atoms with Crippen LogP contribution in [-0.4, -0.2) is 81.2 Å². The molecule has 6 N–H and O–H groups in total. The van der Waals surface area contributed by atoms with E-state index in [-0.39, 0.29) is 39.3 Å². The van der Waals surface area contributed by atoms with Gasteiger partial charge in [0.1, 0.15) is 17.6 Å². The van der Waals surface area contributed by atoms with Crippen molar-refractivity contribution in [1.29, 1.82) is 0 Å². The number of benzene rings is 3. The van der Waals surface area contributed by atoms with Crippen molar-refractivity contribution in [3.8, 4) is 11.5 Å². The first-order valence-corrected chi connectivity index (χ1v) is 21.4. The van der Waals surface area contributed by atoms with Gasteiger partial charge >= 0.3 is 11.8 Å². The minimum atomic E-state index is -2.11. The number of nitrogens with one attached hydrogen (secondary N) is 2. The number of carbonyl (C=O) groups is 4. The summed E-state index contributed by atoms with van der Waals surface area (Å²) in [6.07, 6.45) is 4.68. The number of aromatic hydroxyl groups is 1. The van der Waals surface area contributed by atoms with Crippen LogP contribution in [0.25, 0.3) is 5.76 Å². The summed E-state index contributed by atoms with van der Waals surface area (Å²) in [5, 5.41) is 51.2. The molecule has 9 unspecified atom stereocenters. The summed E-state index contributed by atoms with van der Waals surface area (Å²) in [6.45, 7) is 12.4. The molecule has 0 aromatic heterocycles. The fourth-order valence-electron chi connectivity index (χ4n) is 8.45. The number of allylic oxidation sites excluding steroid dienone is 3. The Morgan fingerprint density at radius 1 is 0.862 bits per heavy atom. The average Bonchev–Trinajstić information content (AvgIpc) is 3.56. The monoisotopic (exact) mass is 891 g/mol. The number of anilines is 2. The SMILES string of the molecule is COC1C=COC2(C)Oc3c(C)c(O)c4c(c3C2=O)C(=O)C(=CNN(c2ccccc2)c2ccccc2)C(=C4O)NC(=O)C(C)=CC=CC(C)C(O)C(C)C(O)C(C)C(OC(C)=O)C1C. The van der Waals surface area contributed by atoms with Crippen molar-refractivity contribution in [1.82, 2.24) is 10.7 Å². The lowest BCUT2D eigenvalue weighted by molar-refractivity contribution is -0.160. The average molecular weight is 892 g/mol. The summed E-state index contributed by atoms with van der Waals surface area (Å²) >= 11 is 0. The second-order valence-electron chi connectivity index (χ2n) is 16.9. The van der Waals surface area contributed by atoms with Crippen molar-refractivity contribution in [3.05, 3.63) is 137 Å². The van der Waals surface area contributed by atoms with Gasteiger partial charge in [-0.2, -0.15) is 0 Å². The Kier molecular flexibility index (Phi) is 14.4. The first-order valence-electron chi connectivity index (χ1n) is 21.4. The number of rotatable bonds is 6. The Labute approximate surface area is 378 Å². The second-order valence-corrected chi connectivity index (χ2v) is 16.9. The van der Waals surface area contributed by atoms with Crippen LogP contribution in [0.5, 0.6) is 11.5 Å². The molecule has 3 aliphatic heterocycles. The molecule has 344 valence electrons. The summed E-state index contributed by atoms with van der Waals surface area (Å²) in [6, 6.07) is 18.3. The molecule has 7 rings (SSSR count). The van der Waals surface area contributed by atoms with Crippen molar-refractivity contribution in [2.45, 2.75) is 85.6 Å². The summed E-state index contributed by atoms with van der Waals surface area (Å²) in [5.74, 6) is -9.10.